The zero-order valence-electron chi connectivity index (χ0n) is 14.8. The quantitative estimate of drug-likeness (QED) is 0.610. The molecule has 6 nitrogen and oxygen atoms in total. The van der Waals surface area contributed by atoms with E-state index in [2.05, 4.69) is 22.0 Å². The second-order valence-corrected chi connectivity index (χ2v) is 5.15. The van der Waals surface area contributed by atoms with Gasteiger partial charge in [0.15, 0.2) is 11.5 Å². The third-order valence-electron chi connectivity index (χ3n) is 3.58. The van der Waals surface area contributed by atoms with Crippen molar-refractivity contribution in [3.63, 3.8) is 0 Å². The summed E-state index contributed by atoms with van der Waals surface area (Å²) in [6.45, 7) is 3.56. The average molecular weight is 357 g/mol. The number of hydrogen-bond acceptors (Lipinski definition) is 5. The Labute approximate surface area is 151 Å². The molecule has 0 heterocycles. The van der Waals surface area contributed by atoms with Crippen molar-refractivity contribution >= 4 is 23.9 Å². The summed E-state index contributed by atoms with van der Waals surface area (Å²) in [6, 6.07) is 9.01. The Morgan fingerprint density at radius 3 is 2.46 bits per heavy atom. The van der Waals surface area contributed by atoms with Gasteiger partial charge in [-0.3, -0.25) is 9.98 Å². The Kier molecular flexibility index (Phi) is 6.32. The van der Waals surface area contributed by atoms with Crippen molar-refractivity contribution < 1.29 is 19.0 Å². The zero-order chi connectivity index (χ0) is 19.1. The predicted octanol–water partition coefficient (Wildman–Crippen LogP) is 3.73. The van der Waals surface area contributed by atoms with E-state index in [1.165, 1.54) is 32.4 Å². The van der Waals surface area contributed by atoms with Crippen LogP contribution in [0.4, 0.5) is 10.1 Å². The first-order valence-corrected chi connectivity index (χ1v) is 7.65. The highest BCUT2D eigenvalue weighted by molar-refractivity contribution is 6.08. The molecule has 2 aromatic carbocycles. The molecule has 0 aliphatic rings. The zero-order valence-corrected chi connectivity index (χ0v) is 14.8. The minimum absolute atomic E-state index is 0.000736. The molecule has 136 valence electrons. The molecular weight excluding hydrogens is 337 g/mol. The van der Waals surface area contributed by atoms with E-state index in [1.807, 2.05) is 0 Å². The van der Waals surface area contributed by atoms with Gasteiger partial charge in [0.05, 0.1) is 19.9 Å². The fourth-order valence-electron chi connectivity index (χ4n) is 2.29. The van der Waals surface area contributed by atoms with Gasteiger partial charge in [-0.1, -0.05) is 0 Å². The topological polar surface area (TPSA) is 75.4 Å². The number of nitrogens with zero attached hydrogens (tertiary/aromatic N) is 2. The maximum absolute atomic E-state index is 13.4. The van der Waals surface area contributed by atoms with Crippen LogP contribution in [0.15, 0.2) is 52.5 Å². The number of benzene rings is 2. The van der Waals surface area contributed by atoms with Gasteiger partial charge in [-0.2, -0.15) is 0 Å². The number of phenolic OH excluding ortho intramolecular Hbond substituents is 1. The molecule has 26 heavy (non-hydrogen) atoms. The summed E-state index contributed by atoms with van der Waals surface area (Å²) in [6.07, 6.45) is 1.64. The smallest absolute Gasteiger partial charge is 0.160 e. The second kappa shape index (κ2) is 8.66. The monoisotopic (exact) mass is 357 g/mol. The highest BCUT2D eigenvalue weighted by Gasteiger charge is 2.10. The molecule has 2 rings (SSSR count). The minimum Gasteiger partial charge on any atom is -0.504 e. The van der Waals surface area contributed by atoms with Crippen molar-refractivity contribution in [3.8, 4) is 17.2 Å². The third-order valence-corrected chi connectivity index (χ3v) is 3.58. The number of phenols is 1. The molecule has 0 aliphatic carbocycles. The molecule has 2 N–H and O–H groups in total. The third kappa shape index (κ3) is 4.38. The Balaban J connectivity index is 2.34. The van der Waals surface area contributed by atoms with Crippen molar-refractivity contribution in [2.45, 2.75) is 0 Å². The summed E-state index contributed by atoms with van der Waals surface area (Å²) in [7, 11) is 4.53. The van der Waals surface area contributed by atoms with Gasteiger partial charge in [0.2, 0.25) is 0 Å². The summed E-state index contributed by atoms with van der Waals surface area (Å²) in [4.78, 5) is 8.14. The molecule has 7 heteroatoms. The number of methoxy groups -OCH3 is 2. The normalized spacial score (nSPS) is 11.8. The molecule has 0 saturated heterocycles. The number of amidine groups is 1. The number of rotatable bonds is 6. The number of hydrogen-bond donors (Lipinski definition) is 2. The van der Waals surface area contributed by atoms with Gasteiger partial charge >= 0.3 is 0 Å². The SMILES string of the molecule is C=N/C(=C\C(=N/C)Nc1ccc(OC)c(O)c1)c1ccc(F)cc1OC. The van der Waals surface area contributed by atoms with Crippen LogP contribution in [-0.4, -0.2) is 38.9 Å². The van der Waals surface area contributed by atoms with Crippen molar-refractivity contribution in [1.29, 1.82) is 0 Å². The standard InChI is InChI=1S/C19H20FN3O3/c1-21-15(14-7-5-12(20)9-18(14)26-4)11-19(22-2)23-13-6-8-17(25-3)16(24)10-13/h5-11,24H,1H2,2-4H3,(H,22,23)/b15-11-. The van der Waals surface area contributed by atoms with E-state index in [0.29, 0.717) is 34.3 Å². The van der Waals surface area contributed by atoms with E-state index in [1.54, 1.807) is 31.3 Å². The van der Waals surface area contributed by atoms with E-state index in [0.717, 1.165) is 0 Å². The lowest BCUT2D eigenvalue weighted by Crippen LogP contribution is -2.09. The van der Waals surface area contributed by atoms with Crippen molar-refractivity contribution in [2.24, 2.45) is 9.98 Å². The van der Waals surface area contributed by atoms with E-state index in [9.17, 15) is 9.50 Å². The summed E-state index contributed by atoms with van der Waals surface area (Å²) in [5.74, 6) is 0.750. The second-order valence-electron chi connectivity index (χ2n) is 5.15. The lowest BCUT2D eigenvalue weighted by Gasteiger charge is -2.11. The van der Waals surface area contributed by atoms with E-state index in [-0.39, 0.29) is 5.75 Å². The molecule has 0 aromatic heterocycles. The molecule has 0 aliphatic heterocycles. The van der Waals surface area contributed by atoms with Crippen molar-refractivity contribution in [3.05, 3.63) is 53.9 Å². The lowest BCUT2D eigenvalue weighted by molar-refractivity contribution is 0.373. The Hall–Kier alpha value is -3.35. The van der Waals surface area contributed by atoms with Crippen molar-refractivity contribution in [2.75, 3.05) is 26.6 Å². The molecule has 0 unspecified atom stereocenters. The summed E-state index contributed by atoms with van der Waals surface area (Å²) in [5.41, 5.74) is 1.63. The fourth-order valence-corrected chi connectivity index (χ4v) is 2.29. The number of halogens is 1. The summed E-state index contributed by atoms with van der Waals surface area (Å²) < 4.78 is 23.6. The lowest BCUT2D eigenvalue weighted by atomic mass is 10.1. The predicted molar refractivity (Wildman–Crippen MR) is 102 cm³/mol. The fraction of sp³-hybridized carbons (Fsp3) is 0.158. The van der Waals surface area contributed by atoms with E-state index < -0.39 is 5.82 Å². The van der Waals surface area contributed by atoms with Gasteiger partial charge < -0.3 is 19.9 Å². The highest BCUT2D eigenvalue weighted by Crippen LogP contribution is 2.30. The van der Waals surface area contributed by atoms with Crippen LogP contribution in [0.3, 0.4) is 0 Å². The first kappa shape index (κ1) is 19.0. The summed E-state index contributed by atoms with van der Waals surface area (Å²) >= 11 is 0. The van der Waals surface area contributed by atoms with Crippen LogP contribution in [0.1, 0.15) is 5.56 Å². The Bertz CT molecular complexity index is 863. The molecule has 0 atom stereocenters. The Morgan fingerprint density at radius 1 is 1.15 bits per heavy atom. The highest BCUT2D eigenvalue weighted by atomic mass is 19.1. The van der Waals surface area contributed by atoms with Crippen LogP contribution < -0.4 is 14.8 Å². The van der Waals surface area contributed by atoms with Gasteiger partial charge in [-0.15, -0.1) is 0 Å². The first-order valence-electron chi connectivity index (χ1n) is 7.65. The maximum Gasteiger partial charge on any atom is 0.160 e. The maximum atomic E-state index is 13.4. The molecule has 0 amide bonds. The van der Waals surface area contributed by atoms with Gasteiger partial charge in [-0.05, 0) is 31.0 Å². The van der Waals surface area contributed by atoms with Crippen LogP contribution in [-0.2, 0) is 0 Å². The summed E-state index contributed by atoms with van der Waals surface area (Å²) in [5, 5.41) is 12.9. The largest absolute Gasteiger partial charge is 0.504 e. The van der Waals surface area contributed by atoms with E-state index in [4.69, 9.17) is 9.47 Å². The van der Waals surface area contributed by atoms with Crippen LogP contribution in [0.25, 0.3) is 5.70 Å². The first-order chi connectivity index (χ1) is 12.5. The molecule has 0 fully saturated rings. The van der Waals surface area contributed by atoms with Crippen molar-refractivity contribution in [1.82, 2.24) is 0 Å². The minimum atomic E-state index is -0.412. The van der Waals surface area contributed by atoms with Gasteiger partial charge in [0.25, 0.3) is 0 Å². The molecular formula is C19H20FN3O3. The molecule has 2 aromatic rings. The van der Waals surface area contributed by atoms with Gasteiger partial charge in [0.1, 0.15) is 17.4 Å². The van der Waals surface area contributed by atoms with Crippen LogP contribution in [0, 0.1) is 5.82 Å². The molecule has 0 spiro atoms. The van der Waals surface area contributed by atoms with Gasteiger partial charge in [-0.25, -0.2) is 4.39 Å². The Morgan fingerprint density at radius 2 is 1.88 bits per heavy atom. The van der Waals surface area contributed by atoms with Gasteiger partial charge in [0, 0.05) is 36.5 Å². The van der Waals surface area contributed by atoms with Crippen LogP contribution in [0.5, 0.6) is 17.2 Å². The molecule has 0 bridgehead atoms. The number of nitrogens with one attached hydrogen (secondary N) is 1. The average Bonchev–Trinajstić information content (AvgIpc) is 2.65. The van der Waals surface area contributed by atoms with Crippen LogP contribution >= 0.6 is 0 Å². The number of aromatic hydroxyl groups is 1. The number of aliphatic imine (C=N–C) groups is 2. The van der Waals surface area contributed by atoms with Crippen LogP contribution in [0.2, 0.25) is 0 Å². The molecule has 0 saturated carbocycles. The van der Waals surface area contributed by atoms with E-state index >= 15 is 0 Å². The molecule has 0 radical (unpaired) electrons. The number of anilines is 1. The number of ether oxygens (including phenoxy) is 2.